The average Bonchev–Trinajstić information content (AvgIpc) is 3.38. The van der Waals surface area contributed by atoms with Crippen LogP contribution >= 0.6 is 0 Å². The number of nitrogens with zero attached hydrogens (tertiary/aromatic N) is 1. The number of fused-ring (bicyclic) bond motifs is 1. The van der Waals surface area contributed by atoms with Crippen LogP contribution in [-0.2, 0) is 24.1 Å². The molecule has 1 N–H and O–H groups in total. The van der Waals surface area contributed by atoms with Crippen molar-refractivity contribution in [3.05, 3.63) is 83.3 Å². The molecule has 2 amide bonds. The third kappa shape index (κ3) is 4.46. The van der Waals surface area contributed by atoms with E-state index in [1.807, 2.05) is 30.3 Å². The van der Waals surface area contributed by atoms with E-state index in [0.29, 0.717) is 24.4 Å². The highest BCUT2D eigenvalue weighted by molar-refractivity contribution is 6.07. The third-order valence-corrected chi connectivity index (χ3v) is 5.30. The summed E-state index contributed by atoms with van der Waals surface area (Å²) in [6.07, 6.45) is 5.11. The summed E-state index contributed by atoms with van der Waals surface area (Å²) in [5, 5.41) is 2.98. The van der Waals surface area contributed by atoms with Gasteiger partial charge in [0.15, 0.2) is 0 Å². The lowest BCUT2D eigenvalue weighted by Crippen LogP contribution is -2.28. The maximum atomic E-state index is 12.6. The predicted octanol–water partition coefficient (Wildman–Crippen LogP) is 4.86. The Labute approximate surface area is 176 Å². The van der Waals surface area contributed by atoms with E-state index in [9.17, 15) is 9.59 Å². The van der Waals surface area contributed by atoms with Gasteiger partial charge in [-0.3, -0.25) is 9.59 Å². The SMILES string of the molecule is CC(C)Cc1ccc(CC(=O)Nc2ccc3c(c2)CCN3C(=O)c2ccoc2)cc1. The predicted molar refractivity (Wildman–Crippen MR) is 118 cm³/mol. The third-order valence-electron chi connectivity index (χ3n) is 5.30. The van der Waals surface area contributed by atoms with Crippen molar-refractivity contribution >= 4 is 23.2 Å². The normalized spacial score (nSPS) is 12.8. The zero-order valence-corrected chi connectivity index (χ0v) is 17.4. The van der Waals surface area contributed by atoms with Crippen LogP contribution in [0.5, 0.6) is 0 Å². The van der Waals surface area contributed by atoms with Crippen molar-refractivity contribution in [3.8, 4) is 0 Å². The summed E-state index contributed by atoms with van der Waals surface area (Å²) in [6, 6.07) is 15.6. The van der Waals surface area contributed by atoms with E-state index in [2.05, 4.69) is 31.3 Å². The van der Waals surface area contributed by atoms with Crippen molar-refractivity contribution in [2.75, 3.05) is 16.8 Å². The smallest absolute Gasteiger partial charge is 0.261 e. The van der Waals surface area contributed by atoms with Crippen molar-refractivity contribution in [1.82, 2.24) is 0 Å². The van der Waals surface area contributed by atoms with Crippen molar-refractivity contribution in [2.45, 2.75) is 33.1 Å². The van der Waals surface area contributed by atoms with Crippen LogP contribution in [0.4, 0.5) is 11.4 Å². The van der Waals surface area contributed by atoms with Crippen LogP contribution in [0.25, 0.3) is 0 Å². The van der Waals surface area contributed by atoms with Gasteiger partial charge in [0, 0.05) is 17.9 Å². The molecule has 2 heterocycles. The van der Waals surface area contributed by atoms with E-state index in [1.165, 1.54) is 18.1 Å². The van der Waals surface area contributed by atoms with E-state index >= 15 is 0 Å². The lowest BCUT2D eigenvalue weighted by atomic mass is 10.0. The van der Waals surface area contributed by atoms with Crippen molar-refractivity contribution < 1.29 is 14.0 Å². The van der Waals surface area contributed by atoms with E-state index in [4.69, 9.17) is 4.42 Å². The van der Waals surface area contributed by atoms with Gasteiger partial charge in [-0.2, -0.15) is 0 Å². The molecule has 0 saturated carbocycles. The second-order valence-electron chi connectivity index (χ2n) is 8.20. The number of hydrogen-bond acceptors (Lipinski definition) is 3. The molecule has 0 unspecified atom stereocenters. The number of benzene rings is 2. The molecule has 3 aromatic rings. The Bertz CT molecular complexity index is 1040. The fourth-order valence-electron chi connectivity index (χ4n) is 3.89. The highest BCUT2D eigenvalue weighted by atomic mass is 16.3. The molecule has 0 spiro atoms. The molecule has 0 saturated heterocycles. The van der Waals surface area contributed by atoms with E-state index in [0.717, 1.165) is 35.3 Å². The quantitative estimate of drug-likeness (QED) is 0.640. The van der Waals surface area contributed by atoms with Gasteiger partial charge in [0.05, 0.1) is 18.2 Å². The average molecular weight is 402 g/mol. The van der Waals surface area contributed by atoms with Gasteiger partial charge in [0.2, 0.25) is 5.91 Å². The fraction of sp³-hybridized carbons (Fsp3) is 0.280. The summed E-state index contributed by atoms with van der Waals surface area (Å²) in [7, 11) is 0. The van der Waals surface area contributed by atoms with Gasteiger partial charge in [0.1, 0.15) is 6.26 Å². The molecule has 1 aliphatic heterocycles. The van der Waals surface area contributed by atoms with Crippen LogP contribution in [0.15, 0.2) is 65.5 Å². The molecule has 0 atom stereocenters. The van der Waals surface area contributed by atoms with Gasteiger partial charge in [-0.15, -0.1) is 0 Å². The molecule has 30 heavy (non-hydrogen) atoms. The maximum absolute atomic E-state index is 12.6. The molecule has 5 nitrogen and oxygen atoms in total. The molecule has 1 aliphatic rings. The van der Waals surface area contributed by atoms with Crippen LogP contribution in [0, 0.1) is 5.92 Å². The zero-order valence-electron chi connectivity index (χ0n) is 17.4. The zero-order chi connectivity index (χ0) is 21.1. The second-order valence-corrected chi connectivity index (χ2v) is 8.20. The minimum absolute atomic E-state index is 0.0455. The number of furan rings is 1. The Morgan fingerprint density at radius 3 is 2.53 bits per heavy atom. The highest BCUT2D eigenvalue weighted by Crippen LogP contribution is 2.31. The molecule has 1 aromatic heterocycles. The molecule has 0 radical (unpaired) electrons. The molecule has 154 valence electrons. The standard InChI is InChI=1S/C25H26N2O3/c1-17(2)13-18-3-5-19(6-4-18)14-24(28)26-22-7-8-23-20(15-22)9-11-27(23)25(29)21-10-12-30-16-21/h3-8,10,12,15-17H,9,11,13-14H2,1-2H3,(H,26,28). The summed E-state index contributed by atoms with van der Waals surface area (Å²) in [6.45, 7) is 5.02. The molecular weight excluding hydrogens is 376 g/mol. The number of carbonyl (C=O) groups is 2. The molecule has 0 aliphatic carbocycles. The fourth-order valence-corrected chi connectivity index (χ4v) is 3.89. The molecule has 0 bridgehead atoms. The Balaban J connectivity index is 1.39. The van der Waals surface area contributed by atoms with Gasteiger partial charge in [-0.05, 0) is 59.7 Å². The lowest BCUT2D eigenvalue weighted by Gasteiger charge is -2.16. The van der Waals surface area contributed by atoms with Gasteiger partial charge in [-0.1, -0.05) is 38.1 Å². The number of nitrogens with one attached hydrogen (secondary N) is 1. The first-order chi connectivity index (χ1) is 14.5. The number of anilines is 2. The molecule has 0 fully saturated rings. The lowest BCUT2D eigenvalue weighted by molar-refractivity contribution is -0.115. The van der Waals surface area contributed by atoms with Gasteiger partial charge in [0.25, 0.3) is 5.91 Å². The number of rotatable bonds is 6. The van der Waals surface area contributed by atoms with Gasteiger partial charge in [-0.25, -0.2) is 0 Å². The Morgan fingerprint density at radius 1 is 1.07 bits per heavy atom. The Kier molecular flexibility index (Phi) is 5.70. The molecule has 2 aromatic carbocycles. The van der Waals surface area contributed by atoms with Crippen LogP contribution in [0.2, 0.25) is 0 Å². The van der Waals surface area contributed by atoms with Crippen molar-refractivity contribution in [3.63, 3.8) is 0 Å². The minimum atomic E-state index is -0.0693. The van der Waals surface area contributed by atoms with Crippen molar-refractivity contribution in [2.24, 2.45) is 5.92 Å². The number of carbonyl (C=O) groups excluding carboxylic acids is 2. The summed E-state index contributed by atoms with van der Waals surface area (Å²) < 4.78 is 5.02. The van der Waals surface area contributed by atoms with Crippen LogP contribution in [0.1, 0.15) is 40.9 Å². The van der Waals surface area contributed by atoms with Gasteiger partial charge >= 0.3 is 0 Å². The molecule has 4 rings (SSSR count). The first-order valence-electron chi connectivity index (χ1n) is 10.3. The first-order valence-corrected chi connectivity index (χ1v) is 10.3. The van der Waals surface area contributed by atoms with E-state index in [-0.39, 0.29) is 11.8 Å². The maximum Gasteiger partial charge on any atom is 0.261 e. The molecular formula is C25H26N2O3. The topological polar surface area (TPSA) is 62.6 Å². The summed E-state index contributed by atoms with van der Waals surface area (Å²) in [5.74, 6) is 0.501. The van der Waals surface area contributed by atoms with Crippen LogP contribution in [-0.4, -0.2) is 18.4 Å². The number of amides is 2. The second kappa shape index (κ2) is 8.57. The van der Waals surface area contributed by atoms with Crippen LogP contribution < -0.4 is 10.2 Å². The number of hydrogen-bond donors (Lipinski definition) is 1. The minimum Gasteiger partial charge on any atom is -0.472 e. The van der Waals surface area contributed by atoms with Crippen LogP contribution in [0.3, 0.4) is 0 Å². The summed E-state index contributed by atoms with van der Waals surface area (Å²) in [4.78, 5) is 26.9. The highest BCUT2D eigenvalue weighted by Gasteiger charge is 2.26. The van der Waals surface area contributed by atoms with Crippen molar-refractivity contribution in [1.29, 1.82) is 0 Å². The summed E-state index contributed by atoms with van der Waals surface area (Å²) in [5.41, 5.74) is 5.54. The van der Waals surface area contributed by atoms with E-state index < -0.39 is 0 Å². The summed E-state index contributed by atoms with van der Waals surface area (Å²) >= 11 is 0. The van der Waals surface area contributed by atoms with E-state index in [1.54, 1.807) is 11.0 Å². The Morgan fingerprint density at radius 2 is 1.83 bits per heavy atom. The first kappa shape index (κ1) is 20.0. The van der Waals surface area contributed by atoms with Gasteiger partial charge < -0.3 is 14.6 Å². The molecule has 5 heteroatoms. The Hall–Kier alpha value is -3.34. The monoisotopic (exact) mass is 402 g/mol. The largest absolute Gasteiger partial charge is 0.472 e.